The lowest BCUT2D eigenvalue weighted by Crippen LogP contribution is -2.65. The number of allylic oxidation sites excluding steroid dienone is 2. The van der Waals surface area contributed by atoms with Crippen molar-refractivity contribution in [2.45, 2.75) is 135 Å². The Morgan fingerprint density at radius 2 is 1.50 bits per heavy atom. The minimum Gasteiger partial charge on any atom is -0.463 e. The minimum atomic E-state index is -1.54. The number of aliphatic hydroxyl groups is 2. The summed E-state index contributed by atoms with van der Waals surface area (Å²) in [6.45, 7) is 4.78. The fourth-order valence-electron chi connectivity index (χ4n) is 4.08. The van der Waals surface area contributed by atoms with Crippen molar-refractivity contribution < 1.29 is 38.8 Å². The van der Waals surface area contributed by atoms with E-state index in [1.165, 1.54) is 58.3 Å². The van der Waals surface area contributed by atoms with E-state index < -0.39 is 48.5 Å². The summed E-state index contributed by atoms with van der Waals surface area (Å²) in [6, 6.07) is -1.15. The van der Waals surface area contributed by atoms with E-state index in [1.54, 1.807) is 6.92 Å². The van der Waals surface area contributed by atoms with Gasteiger partial charge in [0.15, 0.2) is 12.4 Å². The Kier molecular flexibility index (Phi) is 17.1. The van der Waals surface area contributed by atoms with Crippen LogP contribution in [0.4, 0.5) is 0 Å². The molecule has 1 unspecified atom stereocenters. The molecule has 0 aliphatic carbocycles. The molecule has 0 aromatic carbocycles. The van der Waals surface area contributed by atoms with Gasteiger partial charge in [-0.05, 0) is 25.7 Å². The van der Waals surface area contributed by atoms with Gasteiger partial charge in [-0.3, -0.25) is 14.4 Å². The fraction of sp³-hybridized carbons (Fsp3) is 0.815. The molecule has 9 heteroatoms. The van der Waals surface area contributed by atoms with E-state index in [0.29, 0.717) is 6.42 Å². The quantitative estimate of drug-likeness (QED) is 0.144. The largest absolute Gasteiger partial charge is 0.463 e. The van der Waals surface area contributed by atoms with E-state index in [4.69, 9.17) is 14.2 Å². The van der Waals surface area contributed by atoms with Crippen LogP contribution in [0.2, 0.25) is 0 Å². The van der Waals surface area contributed by atoms with E-state index in [1.807, 2.05) is 0 Å². The standard InChI is InChI=1S/C27H47NO8/c1-4-6-7-8-9-10-11-12-13-14-15-16-17-18-23(31)36-26-24(28-20(3)29)27(33)35-21(25(26)32)19-34-22(30)5-2/h14-15,21,24-27,32-33H,4-13,16-19H2,1-3H3,(H,28,29)/b15-14+/t21-,24-,25-,26-,27?/m1/s1. The molecule has 1 saturated heterocycles. The molecule has 0 radical (unpaired) electrons. The summed E-state index contributed by atoms with van der Waals surface area (Å²) in [7, 11) is 0. The Bertz CT molecular complexity index is 668. The average molecular weight is 514 g/mol. The summed E-state index contributed by atoms with van der Waals surface area (Å²) >= 11 is 0. The van der Waals surface area contributed by atoms with E-state index in [9.17, 15) is 24.6 Å². The first-order valence-corrected chi connectivity index (χ1v) is 13.6. The van der Waals surface area contributed by atoms with Crippen LogP contribution in [0.25, 0.3) is 0 Å². The molecule has 5 atom stereocenters. The van der Waals surface area contributed by atoms with E-state index in [-0.39, 0.29) is 19.4 Å². The van der Waals surface area contributed by atoms with Crippen LogP contribution in [-0.2, 0) is 28.6 Å². The van der Waals surface area contributed by atoms with Crippen molar-refractivity contribution in [1.82, 2.24) is 5.32 Å². The number of aliphatic hydroxyl groups excluding tert-OH is 2. The summed E-state index contributed by atoms with van der Waals surface area (Å²) in [5, 5.41) is 23.5. The molecule has 0 saturated carbocycles. The molecule has 0 aromatic heterocycles. The molecular formula is C27H47NO8. The zero-order chi connectivity index (χ0) is 26.8. The van der Waals surface area contributed by atoms with Crippen molar-refractivity contribution in [2.24, 2.45) is 0 Å². The van der Waals surface area contributed by atoms with Crippen LogP contribution in [-0.4, -0.2) is 65.3 Å². The van der Waals surface area contributed by atoms with Gasteiger partial charge in [0.25, 0.3) is 0 Å². The number of hydrogen-bond donors (Lipinski definition) is 3. The average Bonchev–Trinajstić information content (AvgIpc) is 2.84. The summed E-state index contributed by atoms with van der Waals surface area (Å²) in [5.74, 6) is -1.52. The highest BCUT2D eigenvalue weighted by Crippen LogP contribution is 2.24. The maximum atomic E-state index is 12.4. The van der Waals surface area contributed by atoms with Crippen molar-refractivity contribution >= 4 is 17.8 Å². The smallest absolute Gasteiger partial charge is 0.306 e. The normalized spacial score (nSPS) is 24.0. The molecule has 0 spiro atoms. The highest BCUT2D eigenvalue weighted by molar-refractivity contribution is 5.73. The topological polar surface area (TPSA) is 131 Å². The fourth-order valence-corrected chi connectivity index (χ4v) is 4.08. The molecule has 208 valence electrons. The van der Waals surface area contributed by atoms with Crippen molar-refractivity contribution in [3.63, 3.8) is 0 Å². The molecule has 0 aromatic rings. The Morgan fingerprint density at radius 1 is 0.889 bits per heavy atom. The van der Waals surface area contributed by atoms with Crippen molar-refractivity contribution in [1.29, 1.82) is 0 Å². The molecule has 0 bridgehead atoms. The predicted octanol–water partition coefficient (Wildman–Crippen LogP) is 3.69. The van der Waals surface area contributed by atoms with Gasteiger partial charge in [0.1, 0.15) is 24.9 Å². The van der Waals surface area contributed by atoms with Gasteiger partial charge in [0.2, 0.25) is 5.91 Å². The second kappa shape index (κ2) is 19.2. The van der Waals surface area contributed by atoms with Gasteiger partial charge in [-0.2, -0.15) is 0 Å². The SMILES string of the molecule is CCCCCCCCCC/C=C/CCCC(=O)O[C@H]1[C@H](O)[C@@H](COC(=O)CC)OC(O)[C@@H]1NC(C)=O. The zero-order valence-corrected chi connectivity index (χ0v) is 22.3. The number of carbonyl (C=O) groups is 3. The van der Waals surface area contributed by atoms with Crippen LogP contribution in [0.15, 0.2) is 12.2 Å². The molecule has 1 aliphatic heterocycles. The number of hydrogen-bond acceptors (Lipinski definition) is 8. The lowest BCUT2D eigenvalue weighted by molar-refractivity contribution is -0.260. The number of carbonyl (C=O) groups excluding carboxylic acids is 3. The lowest BCUT2D eigenvalue weighted by Gasteiger charge is -2.42. The summed E-state index contributed by atoms with van der Waals surface area (Å²) in [6.07, 6.45) is 11.9. The first kappa shape index (κ1) is 32.1. The number of rotatable bonds is 18. The van der Waals surface area contributed by atoms with Crippen LogP contribution in [0.5, 0.6) is 0 Å². The van der Waals surface area contributed by atoms with Gasteiger partial charge < -0.3 is 29.7 Å². The van der Waals surface area contributed by atoms with Gasteiger partial charge in [-0.25, -0.2) is 0 Å². The highest BCUT2D eigenvalue weighted by atomic mass is 16.6. The third-order valence-electron chi connectivity index (χ3n) is 6.17. The van der Waals surface area contributed by atoms with Gasteiger partial charge in [-0.15, -0.1) is 0 Å². The molecule has 1 rings (SSSR count). The van der Waals surface area contributed by atoms with E-state index in [0.717, 1.165) is 12.8 Å². The molecule has 1 aliphatic rings. The van der Waals surface area contributed by atoms with Gasteiger partial charge in [0, 0.05) is 19.8 Å². The first-order valence-electron chi connectivity index (χ1n) is 13.6. The second-order valence-corrected chi connectivity index (χ2v) is 9.40. The van der Waals surface area contributed by atoms with Gasteiger partial charge in [0.05, 0.1) is 0 Å². The third-order valence-corrected chi connectivity index (χ3v) is 6.17. The summed E-state index contributed by atoms with van der Waals surface area (Å²) < 4.78 is 15.8. The molecule has 36 heavy (non-hydrogen) atoms. The zero-order valence-electron chi connectivity index (χ0n) is 22.3. The number of ether oxygens (including phenoxy) is 3. The van der Waals surface area contributed by atoms with Gasteiger partial charge in [-0.1, -0.05) is 70.9 Å². The van der Waals surface area contributed by atoms with Gasteiger partial charge >= 0.3 is 11.9 Å². The predicted molar refractivity (Wildman–Crippen MR) is 136 cm³/mol. The molecule has 9 nitrogen and oxygen atoms in total. The van der Waals surface area contributed by atoms with Crippen LogP contribution >= 0.6 is 0 Å². The Hall–Kier alpha value is -1.97. The summed E-state index contributed by atoms with van der Waals surface area (Å²) in [5.41, 5.74) is 0. The molecule has 1 heterocycles. The monoisotopic (exact) mass is 513 g/mol. The first-order chi connectivity index (χ1) is 17.3. The van der Waals surface area contributed by atoms with Crippen molar-refractivity contribution in [3.8, 4) is 0 Å². The number of unbranched alkanes of at least 4 members (excludes halogenated alkanes) is 9. The minimum absolute atomic E-state index is 0.130. The second-order valence-electron chi connectivity index (χ2n) is 9.40. The van der Waals surface area contributed by atoms with E-state index in [2.05, 4.69) is 24.4 Å². The highest BCUT2D eigenvalue weighted by Gasteiger charge is 2.47. The maximum Gasteiger partial charge on any atom is 0.306 e. The number of amides is 1. The van der Waals surface area contributed by atoms with Crippen LogP contribution in [0.1, 0.15) is 104 Å². The molecule has 1 amide bonds. The Labute approximate surface area is 215 Å². The molecular weight excluding hydrogens is 466 g/mol. The van der Waals surface area contributed by atoms with Crippen molar-refractivity contribution in [3.05, 3.63) is 12.2 Å². The maximum absolute atomic E-state index is 12.4. The number of esters is 2. The van der Waals surface area contributed by atoms with Crippen molar-refractivity contribution in [2.75, 3.05) is 6.61 Å². The molecule has 3 N–H and O–H groups in total. The van der Waals surface area contributed by atoms with Crippen LogP contribution in [0, 0.1) is 0 Å². The number of nitrogens with one attached hydrogen (secondary N) is 1. The Morgan fingerprint density at radius 3 is 2.11 bits per heavy atom. The Balaban J connectivity index is 2.40. The molecule has 1 fully saturated rings. The van der Waals surface area contributed by atoms with E-state index >= 15 is 0 Å². The summed E-state index contributed by atoms with van der Waals surface area (Å²) in [4.78, 5) is 35.4. The lowest BCUT2D eigenvalue weighted by atomic mass is 9.96. The van der Waals surface area contributed by atoms with Crippen LogP contribution < -0.4 is 5.32 Å². The third kappa shape index (κ3) is 13.4. The van der Waals surface area contributed by atoms with Crippen LogP contribution in [0.3, 0.4) is 0 Å².